The van der Waals surface area contributed by atoms with Crippen LogP contribution in [0.3, 0.4) is 0 Å². The van der Waals surface area contributed by atoms with E-state index in [9.17, 15) is 26.3 Å². The normalized spacial score (nSPS) is 15.4. The molecule has 0 aliphatic rings. The fourth-order valence-corrected chi connectivity index (χ4v) is 1.53. The lowest BCUT2D eigenvalue weighted by molar-refractivity contribution is -0.323. The number of halogens is 6. The molecule has 8 heteroatoms. The van der Waals surface area contributed by atoms with Crippen molar-refractivity contribution < 1.29 is 31.1 Å². The van der Waals surface area contributed by atoms with E-state index in [1.165, 1.54) is 0 Å². The lowest BCUT2D eigenvalue weighted by atomic mass is 10.1. The summed E-state index contributed by atoms with van der Waals surface area (Å²) in [5.74, 6) is -0.216. The maximum Gasteiger partial charge on any atom is 0.423 e. The Morgan fingerprint density at radius 1 is 1.06 bits per heavy atom. The Kier molecular flexibility index (Phi) is 6.68. The molecule has 0 amide bonds. The van der Waals surface area contributed by atoms with Crippen molar-refractivity contribution in [2.75, 3.05) is 12.4 Å². The van der Waals surface area contributed by atoms with Gasteiger partial charge in [0.05, 0.1) is 6.61 Å². The number of alkyl halides is 6. The summed E-state index contributed by atoms with van der Waals surface area (Å²) in [4.78, 5) is 0. The van der Waals surface area contributed by atoms with Crippen molar-refractivity contribution in [2.24, 2.45) is 5.92 Å². The third kappa shape index (κ3) is 6.40. The molecule has 0 aliphatic carbocycles. The first kappa shape index (κ1) is 16.9. The number of hydrogen-bond acceptors (Lipinski definition) is 2. The van der Waals surface area contributed by atoms with Crippen molar-refractivity contribution in [2.45, 2.75) is 38.2 Å². The van der Waals surface area contributed by atoms with Crippen LogP contribution in [0.1, 0.15) is 19.8 Å². The van der Waals surface area contributed by atoms with Gasteiger partial charge >= 0.3 is 12.4 Å². The highest BCUT2D eigenvalue weighted by atomic mass is 32.1. The minimum Gasteiger partial charge on any atom is -0.361 e. The number of ether oxygens (including phenoxy) is 1. The van der Waals surface area contributed by atoms with Gasteiger partial charge in [-0.1, -0.05) is 13.3 Å². The Balaban J connectivity index is 4.46. The minimum atomic E-state index is -5.44. The van der Waals surface area contributed by atoms with Crippen LogP contribution >= 0.6 is 12.6 Å². The molecule has 0 aromatic heterocycles. The van der Waals surface area contributed by atoms with E-state index in [-0.39, 0.29) is 5.75 Å². The summed E-state index contributed by atoms with van der Waals surface area (Å²) in [5.41, 5.74) is 0. The van der Waals surface area contributed by atoms with E-state index in [0.717, 1.165) is 0 Å². The first-order valence-corrected chi connectivity index (χ1v) is 5.62. The second-order valence-electron chi connectivity index (χ2n) is 3.63. The van der Waals surface area contributed by atoms with E-state index in [1.54, 1.807) is 6.92 Å². The van der Waals surface area contributed by atoms with Gasteiger partial charge in [0.15, 0.2) is 0 Å². The monoisotopic (exact) mass is 284 g/mol. The summed E-state index contributed by atoms with van der Waals surface area (Å²) in [7, 11) is 0. The third-order valence-corrected chi connectivity index (χ3v) is 2.56. The molecule has 0 bridgehead atoms. The van der Waals surface area contributed by atoms with Gasteiger partial charge in [0, 0.05) is 0 Å². The zero-order valence-corrected chi connectivity index (χ0v) is 10.0. The number of hydrogen-bond donors (Lipinski definition) is 1. The van der Waals surface area contributed by atoms with Crippen molar-refractivity contribution >= 4 is 12.6 Å². The summed E-state index contributed by atoms with van der Waals surface area (Å²) in [6.07, 6.45) is -13.5. The molecule has 1 nitrogen and oxygen atoms in total. The molecule has 0 fully saturated rings. The fourth-order valence-electron chi connectivity index (χ4n) is 1.24. The average molecular weight is 284 g/mol. The highest BCUT2D eigenvalue weighted by Crippen LogP contribution is 2.36. The van der Waals surface area contributed by atoms with Gasteiger partial charge in [-0.2, -0.15) is 39.0 Å². The highest BCUT2D eigenvalue weighted by molar-refractivity contribution is 7.80. The second kappa shape index (κ2) is 6.72. The van der Waals surface area contributed by atoms with Crippen molar-refractivity contribution in [3.05, 3.63) is 0 Å². The quantitative estimate of drug-likeness (QED) is 0.576. The van der Waals surface area contributed by atoms with Crippen molar-refractivity contribution in [3.63, 3.8) is 0 Å². The molecule has 0 spiro atoms. The molecule has 104 valence electrons. The predicted molar refractivity (Wildman–Crippen MR) is 54.1 cm³/mol. The first-order chi connectivity index (χ1) is 7.62. The zero-order valence-electron chi connectivity index (χ0n) is 9.11. The fraction of sp³-hybridized carbons (Fsp3) is 1.00. The maximum atomic E-state index is 12.1. The van der Waals surface area contributed by atoms with E-state index < -0.39 is 31.0 Å². The number of rotatable bonds is 6. The van der Waals surface area contributed by atoms with Gasteiger partial charge in [-0.25, -0.2) is 0 Å². The Bertz CT molecular complexity index is 201. The molecular formula is C9H14F6OS. The summed E-state index contributed by atoms with van der Waals surface area (Å²) in [6.45, 7) is 1.18. The third-order valence-electron chi connectivity index (χ3n) is 2.05. The molecule has 0 saturated heterocycles. The molecule has 0 aromatic carbocycles. The molecule has 1 atom stereocenters. The van der Waals surface area contributed by atoms with E-state index >= 15 is 0 Å². The van der Waals surface area contributed by atoms with E-state index in [2.05, 4.69) is 17.4 Å². The molecule has 0 radical (unpaired) electrons. The van der Waals surface area contributed by atoms with Crippen molar-refractivity contribution in [1.29, 1.82) is 0 Å². The van der Waals surface area contributed by atoms with Crippen LogP contribution in [0.25, 0.3) is 0 Å². The molecule has 0 aromatic rings. The highest BCUT2D eigenvalue weighted by Gasteiger charge is 2.58. The molecule has 0 rings (SSSR count). The summed E-state index contributed by atoms with van der Waals surface area (Å²) in [5, 5.41) is 0. The standard InChI is InChI=1S/C9H14F6OS/c1-2-3-6(5-17)4-16-7(8(10,11)12)9(13,14)15/h6-7,17H,2-5H2,1H3. The van der Waals surface area contributed by atoms with E-state index in [0.29, 0.717) is 12.8 Å². The smallest absolute Gasteiger partial charge is 0.361 e. The van der Waals surface area contributed by atoms with Crippen LogP contribution in [-0.4, -0.2) is 30.8 Å². The second-order valence-corrected chi connectivity index (χ2v) is 4.00. The Hall–Kier alpha value is -0.110. The molecule has 17 heavy (non-hydrogen) atoms. The molecule has 0 heterocycles. The van der Waals surface area contributed by atoms with Gasteiger partial charge in [0.25, 0.3) is 0 Å². The topological polar surface area (TPSA) is 9.23 Å². The van der Waals surface area contributed by atoms with Crippen LogP contribution in [0.4, 0.5) is 26.3 Å². The Labute approximate surface area is 101 Å². The summed E-state index contributed by atoms with van der Waals surface area (Å²) < 4.78 is 76.5. The van der Waals surface area contributed by atoms with Gasteiger partial charge in [-0.15, -0.1) is 0 Å². The molecule has 0 aliphatic heterocycles. The predicted octanol–water partition coefficient (Wildman–Crippen LogP) is 3.84. The molecule has 0 saturated carbocycles. The van der Waals surface area contributed by atoms with Crippen LogP contribution in [-0.2, 0) is 4.74 Å². The van der Waals surface area contributed by atoms with Gasteiger partial charge in [-0.05, 0) is 18.1 Å². The minimum absolute atomic E-state index is 0.191. The first-order valence-electron chi connectivity index (χ1n) is 4.98. The van der Waals surface area contributed by atoms with Crippen molar-refractivity contribution in [3.8, 4) is 0 Å². The summed E-state index contributed by atoms with van der Waals surface area (Å²) in [6, 6.07) is 0. The SMILES string of the molecule is CCCC(CS)COC(C(F)(F)F)C(F)(F)F. The van der Waals surface area contributed by atoms with Crippen LogP contribution in [0.2, 0.25) is 0 Å². The van der Waals surface area contributed by atoms with Crippen LogP contribution in [0.15, 0.2) is 0 Å². The van der Waals surface area contributed by atoms with Gasteiger partial charge in [0.1, 0.15) is 0 Å². The molecular weight excluding hydrogens is 270 g/mol. The average Bonchev–Trinajstić information content (AvgIpc) is 2.12. The van der Waals surface area contributed by atoms with Gasteiger partial charge < -0.3 is 4.74 Å². The maximum absolute atomic E-state index is 12.1. The zero-order chi connectivity index (χ0) is 13.7. The van der Waals surface area contributed by atoms with Gasteiger partial charge in [-0.3, -0.25) is 0 Å². The van der Waals surface area contributed by atoms with Crippen LogP contribution in [0, 0.1) is 5.92 Å². The lowest BCUT2D eigenvalue weighted by Crippen LogP contribution is -2.45. The number of thiol groups is 1. The van der Waals surface area contributed by atoms with Crippen molar-refractivity contribution in [1.82, 2.24) is 0 Å². The van der Waals surface area contributed by atoms with E-state index in [1.807, 2.05) is 0 Å². The molecule has 0 N–H and O–H groups in total. The van der Waals surface area contributed by atoms with Crippen LogP contribution in [0.5, 0.6) is 0 Å². The summed E-state index contributed by atoms with van der Waals surface area (Å²) >= 11 is 3.85. The Morgan fingerprint density at radius 3 is 1.82 bits per heavy atom. The Morgan fingerprint density at radius 2 is 1.53 bits per heavy atom. The van der Waals surface area contributed by atoms with E-state index in [4.69, 9.17) is 0 Å². The largest absolute Gasteiger partial charge is 0.423 e. The van der Waals surface area contributed by atoms with Crippen LogP contribution < -0.4 is 0 Å². The van der Waals surface area contributed by atoms with Gasteiger partial charge in [0.2, 0.25) is 6.10 Å². The molecule has 1 unspecified atom stereocenters. The lowest BCUT2D eigenvalue weighted by Gasteiger charge is -2.25.